The van der Waals surface area contributed by atoms with Gasteiger partial charge < -0.3 is 10.3 Å². The SMILES string of the molecule is O=C(CCCc1nc2ccccc2c(=O)[nH]1)Nc1ccc(Cl)c(F)c1. The van der Waals surface area contributed by atoms with Crippen molar-refractivity contribution in [2.24, 2.45) is 0 Å². The first-order valence-electron chi connectivity index (χ1n) is 7.76. The highest BCUT2D eigenvalue weighted by molar-refractivity contribution is 6.30. The first-order valence-corrected chi connectivity index (χ1v) is 8.13. The zero-order chi connectivity index (χ0) is 17.8. The van der Waals surface area contributed by atoms with Crippen molar-refractivity contribution in [1.82, 2.24) is 9.97 Å². The minimum absolute atomic E-state index is 0.00401. The van der Waals surface area contributed by atoms with E-state index in [1.54, 1.807) is 18.2 Å². The van der Waals surface area contributed by atoms with Crippen molar-refractivity contribution in [3.05, 3.63) is 69.5 Å². The highest BCUT2D eigenvalue weighted by Gasteiger charge is 2.07. The molecule has 1 aromatic heterocycles. The van der Waals surface area contributed by atoms with E-state index >= 15 is 0 Å². The van der Waals surface area contributed by atoms with Gasteiger partial charge in [-0.1, -0.05) is 23.7 Å². The molecule has 0 saturated heterocycles. The number of aromatic amines is 1. The van der Waals surface area contributed by atoms with E-state index in [0.717, 1.165) is 0 Å². The zero-order valence-corrected chi connectivity index (χ0v) is 13.9. The van der Waals surface area contributed by atoms with Crippen LogP contribution in [0.4, 0.5) is 10.1 Å². The first kappa shape index (κ1) is 17.1. The number of hydrogen-bond donors (Lipinski definition) is 2. The predicted octanol–water partition coefficient (Wildman–Crippen LogP) is 3.68. The highest BCUT2D eigenvalue weighted by Crippen LogP contribution is 2.19. The van der Waals surface area contributed by atoms with Gasteiger partial charge >= 0.3 is 0 Å². The minimum atomic E-state index is -0.586. The smallest absolute Gasteiger partial charge is 0.258 e. The number of fused-ring (bicyclic) bond motifs is 1. The number of rotatable bonds is 5. The topological polar surface area (TPSA) is 74.8 Å². The van der Waals surface area contributed by atoms with Crippen molar-refractivity contribution in [2.45, 2.75) is 19.3 Å². The second-order valence-electron chi connectivity index (χ2n) is 5.56. The molecule has 0 radical (unpaired) electrons. The fourth-order valence-corrected chi connectivity index (χ4v) is 2.58. The number of carbonyl (C=O) groups is 1. The van der Waals surface area contributed by atoms with E-state index in [1.165, 1.54) is 18.2 Å². The molecule has 0 unspecified atom stereocenters. The highest BCUT2D eigenvalue weighted by atomic mass is 35.5. The van der Waals surface area contributed by atoms with E-state index < -0.39 is 5.82 Å². The largest absolute Gasteiger partial charge is 0.326 e. The molecule has 5 nitrogen and oxygen atoms in total. The summed E-state index contributed by atoms with van der Waals surface area (Å²) in [5, 5.41) is 3.15. The van der Waals surface area contributed by atoms with Gasteiger partial charge in [0.05, 0.1) is 15.9 Å². The first-order chi connectivity index (χ1) is 12.0. The third kappa shape index (κ3) is 4.22. The van der Waals surface area contributed by atoms with Crippen LogP contribution < -0.4 is 10.9 Å². The molecule has 0 aliphatic rings. The van der Waals surface area contributed by atoms with Crippen LogP contribution in [-0.4, -0.2) is 15.9 Å². The molecule has 0 aliphatic carbocycles. The molecule has 0 atom stereocenters. The van der Waals surface area contributed by atoms with Crippen LogP contribution in [0, 0.1) is 5.82 Å². The summed E-state index contributed by atoms with van der Waals surface area (Å²) < 4.78 is 13.3. The second-order valence-corrected chi connectivity index (χ2v) is 5.97. The number of amides is 1. The molecule has 0 aliphatic heterocycles. The Balaban J connectivity index is 1.58. The Bertz CT molecular complexity index is 987. The van der Waals surface area contributed by atoms with Crippen LogP contribution in [0.5, 0.6) is 0 Å². The van der Waals surface area contributed by atoms with Crippen LogP contribution in [0.25, 0.3) is 10.9 Å². The molecule has 128 valence electrons. The molecule has 0 fully saturated rings. The normalized spacial score (nSPS) is 10.8. The van der Waals surface area contributed by atoms with Crippen molar-refractivity contribution in [3.63, 3.8) is 0 Å². The minimum Gasteiger partial charge on any atom is -0.326 e. The van der Waals surface area contributed by atoms with Gasteiger partial charge in [0.1, 0.15) is 11.6 Å². The maximum Gasteiger partial charge on any atom is 0.258 e. The van der Waals surface area contributed by atoms with E-state index in [9.17, 15) is 14.0 Å². The molecule has 1 amide bonds. The van der Waals surface area contributed by atoms with Crippen LogP contribution in [0.2, 0.25) is 5.02 Å². The summed E-state index contributed by atoms with van der Waals surface area (Å²) in [4.78, 5) is 31.0. The Hall–Kier alpha value is -2.73. The van der Waals surface area contributed by atoms with Crippen LogP contribution in [0.1, 0.15) is 18.7 Å². The van der Waals surface area contributed by atoms with Gasteiger partial charge in [-0.05, 0) is 36.8 Å². The monoisotopic (exact) mass is 359 g/mol. The standard InChI is InChI=1S/C18H15ClFN3O2/c19-13-9-8-11(10-14(13)20)21-17(24)7-3-6-16-22-15-5-2-1-4-12(15)18(25)23-16/h1-2,4-5,8-10H,3,6-7H2,(H,21,24)(H,22,23,25). The van der Waals surface area contributed by atoms with Gasteiger partial charge in [-0.3, -0.25) is 9.59 Å². The number of H-pyrrole nitrogens is 1. The molecular formula is C18H15ClFN3O2. The van der Waals surface area contributed by atoms with Crippen LogP contribution in [0.3, 0.4) is 0 Å². The molecule has 7 heteroatoms. The zero-order valence-electron chi connectivity index (χ0n) is 13.2. The predicted molar refractivity (Wildman–Crippen MR) is 95.3 cm³/mol. The Morgan fingerprint density at radius 1 is 1.24 bits per heavy atom. The lowest BCUT2D eigenvalue weighted by molar-refractivity contribution is -0.116. The summed E-state index contributed by atoms with van der Waals surface area (Å²) in [7, 11) is 0. The summed E-state index contributed by atoms with van der Waals surface area (Å²) in [5.41, 5.74) is 0.785. The average Bonchev–Trinajstić information content (AvgIpc) is 2.58. The fourth-order valence-electron chi connectivity index (χ4n) is 2.47. The van der Waals surface area contributed by atoms with E-state index in [4.69, 9.17) is 11.6 Å². The quantitative estimate of drug-likeness (QED) is 0.729. The van der Waals surface area contributed by atoms with Gasteiger partial charge in [-0.15, -0.1) is 0 Å². The molecule has 0 saturated carbocycles. The molecule has 0 bridgehead atoms. The Morgan fingerprint density at radius 2 is 2.04 bits per heavy atom. The Morgan fingerprint density at radius 3 is 2.84 bits per heavy atom. The summed E-state index contributed by atoms with van der Waals surface area (Å²) >= 11 is 5.60. The Kier molecular flexibility index (Phi) is 5.09. The number of nitrogens with zero attached hydrogens (tertiary/aromatic N) is 1. The number of aromatic nitrogens is 2. The van der Waals surface area contributed by atoms with E-state index in [2.05, 4.69) is 15.3 Å². The van der Waals surface area contributed by atoms with Gasteiger partial charge in [0, 0.05) is 18.5 Å². The maximum absolute atomic E-state index is 13.3. The molecule has 3 aromatic rings. The number of nitrogens with one attached hydrogen (secondary N) is 2. The summed E-state index contributed by atoms with van der Waals surface area (Å²) in [5.74, 6) is -0.295. The van der Waals surface area contributed by atoms with Crippen LogP contribution in [0.15, 0.2) is 47.3 Å². The van der Waals surface area contributed by atoms with Crippen molar-refractivity contribution < 1.29 is 9.18 Å². The molecule has 3 rings (SSSR count). The number of para-hydroxylation sites is 1. The number of carbonyl (C=O) groups excluding carboxylic acids is 1. The van der Waals surface area contributed by atoms with Gasteiger partial charge in [0.25, 0.3) is 5.56 Å². The average molecular weight is 360 g/mol. The lowest BCUT2D eigenvalue weighted by atomic mass is 10.2. The maximum atomic E-state index is 13.3. The van der Waals surface area contributed by atoms with Gasteiger partial charge in [0.15, 0.2) is 0 Å². The third-order valence-electron chi connectivity index (χ3n) is 3.68. The van der Waals surface area contributed by atoms with E-state index in [-0.39, 0.29) is 22.9 Å². The molecule has 1 heterocycles. The van der Waals surface area contributed by atoms with Crippen molar-refractivity contribution in [1.29, 1.82) is 0 Å². The second kappa shape index (κ2) is 7.44. The number of hydrogen-bond acceptors (Lipinski definition) is 3. The summed E-state index contributed by atoms with van der Waals surface area (Å²) in [6, 6.07) is 11.2. The fraction of sp³-hybridized carbons (Fsp3) is 0.167. The van der Waals surface area contributed by atoms with E-state index in [1.807, 2.05) is 6.07 Å². The lowest BCUT2D eigenvalue weighted by Gasteiger charge is -2.06. The molecule has 2 aromatic carbocycles. The lowest BCUT2D eigenvalue weighted by Crippen LogP contribution is -2.14. The summed E-state index contributed by atoms with van der Waals surface area (Å²) in [6.45, 7) is 0. The molecular weight excluding hydrogens is 345 g/mol. The van der Waals surface area contributed by atoms with Gasteiger partial charge in [0.2, 0.25) is 5.91 Å². The number of benzene rings is 2. The van der Waals surface area contributed by atoms with Gasteiger partial charge in [-0.25, -0.2) is 9.37 Å². The molecule has 0 spiro atoms. The van der Waals surface area contributed by atoms with Crippen LogP contribution >= 0.6 is 11.6 Å². The number of aryl methyl sites for hydroxylation is 1. The van der Waals surface area contributed by atoms with Crippen molar-refractivity contribution in [3.8, 4) is 0 Å². The Labute approximate surface area is 147 Å². The van der Waals surface area contributed by atoms with Crippen molar-refractivity contribution >= 4 is 34.1 Å². The number of anilines is 1. The van der Waals surface area contributed by atoms with E-state index in [0.29, 0.717) is 35.3 Å². The molecule has 2 N–H and O–H groups in total. The molecule has 25 heavy (non-hydrogen) atoms. The number of halogens is 2. The van der Waals surface area contributed by atoms with Gasteiger partial charge in [-0.2, -0.15) is 0 Å². The van der Waals surface area contributed by atoms with Crippen LogP contribution in [-0.2, 0) is 11.2 Å². The third-order valence-corrected chi connectivity index (χ3v) is 3.99. The van der Waals surface area contributed by atoms with Crippen molar-refractivity contribution in [2.75, 3.05) is 5.32 Å². The summed E-state index contributed by atoms with van der Waals surface area (Å²) in [6.07, 6.45) is 1.19.